The summed E-state index contributed by atoms with van der Waals surface area (Å²) >= 11 is 1.83. The van der Waals surface area contributed by atoms with Gasteiger partial charge in [0.1, 0.15) is 0 Å². The monoisotopic (exact) mass is 444 g/mol. The van der Waals surface area contributed by atoms with Crippen molar-refractivity contribution in [2.24, 2.45) is 0 Å². The Morgan fingerprint density at radius 3 is 2.50 bits per heavy atom. The molecule has 0 saturated heterocycles. The fraction of sp³-hybridized carbons (Fsp3) is 0.481. The van der Waals surface area contributed by atoms with Crippen molar-refractivity contribution in [3.8, 4) is 0 Å². The Labute approximate surface area is 191 Å². The molecule has 1 unspecified atom stereocenters. The minimum atomic E-state index is -0.635. The molecule has 30 heavy (non-hydrogen) atoms. The van der Waals surface area contributed by atoms with Crippen LogP contribution in [0.5, 0.6) is 0 Å². The zero-order chi connectivity index (χ0) is 22.7. The maximum Gasteiger partial charge on any atom is 0.0763 e. The summed E-state index contributed by atoms with van der Waals surface area (Å²) in [5, 5.41) is 0. The Hall–Kier alpha value is -1.08. The average molecular weight is 445 g/mol. The van der Waals surface area contributed by atoms with Gasteiger partial charge in [0, 0.05) is 4.65 Å². The summed E-state index contributed by atoms with van der Waals surface area (Å²) in [7, 11) is -0.635. The van der Waals surface area contributed by atoms with E-state index in [0.29, 0.717) is 6.61 Å². The summed E-state index contributed by atoms with van der Waals surface area (Å²) in [6.07, 6.45) is 15.6. The zero-order valence-corrected chi connectivity index (χ0v) is 22.1. The maximum absolute atomic E-state index is 6.32. The molecule has 0 aromatic carbocycles. The van der Waals surface area contributed by atoms with E-state index in [4.69, 9.17) is 4.52 Å². The standard InChI is InChI=1S/C27H41OPS/c1-10-13-25(11-2)17-16-21(5)23(7)24(8)30-27(12-3)29(9)28-19-26-18-20(4)14-15-22(26)6/h12-13,16-18H,5,10-11,14-15,19H2,1-4,6-9H3/b17-16-,24-23+,25-13-,27-12+. The molecule has 166 valence electrons. The largest absolute Gasteiger partial charge is 0.350 e. The Balaban J connectivity index is 2.78. The van der Waals surface area contributed by atoms with Crippen LogP contribution in [0.2, 0.25) is 0 Å². The van der Waals surface area contributed by atoms with Gasteiger partial charge < -0.3 is 4.52 Å². The third kappa shape index (κ3) is 8.96. The van der Waals surface area contributed by atoms with Crippen molar-refractivity contribution in [1.82, 2.24) is 0 Å². The molecular formula is C27H41OPS. The first-order chi connectivity index (χ1) is 14.2. The highest BCUT2D eigenvalue weighted by Gasteiger charge is 2.14. The van der Waals surface area contributed by atoms with E-state index in [1.165, 1.54) is 43.8 Å². The van der Waals surface area contributed by atoms with Gasteiger partial charge in [-0.15, -0.1) is 0 Å². The molecule has 0 aliphatic heterocycles. The van der Waals surface area contributed by atoms with Gasteiger partial charge in [0.25, 0.3) is 0 Å². The van der Waals surface area contributed by atoms with Gasteiger partial charge in [-0.1, -0.05) is 79.3 Å². The van der Waals surface area contributed by atoms with E-state index in [9.17, 15) is 0 Å². The van der Waals surface area contributed by atoms with Crippen LogP contribution in [-0.2, 0) is 4.52 Å². The van der Waals surface area contributed by atoms with Crippen LogP contribution >= 0.6 is 19.9 Å². The van der Waals surface area contributed by atoms with E-state index >= 15 is 0 Å². The fourth-order valence-corrected chi connectivity index (χ4v) is 5.74. The second kappa shape index (κ2) is 14.1. The van der Waals surface area contributed by atoms with Crippen LogP contribution in [0.1, 0.15) is 74.1 Å². The number of thioether (sulfide) groups is 1. The number of allylic oxidation sites excluding steroid dienone is 10. The van der Waals surface area contributed by atoms with Gasteiger partial charge in [-0.3, -0.25) is 0 Å². The molecule has 1 aliphatic carbocycles. The third-order valence-electron chi connectivity index (χ3n) is 5.47. The quantitative estimate of drug-likeness (QED) is 0.232. The number of hydrogen-bond donors (Lipinski definition) is 0. The highest BCUT2D eigenvalue weighted by atomic mass is 32.2. The maximum atomic E-state index is 6.32. The van der Waals surface area contributed by atoms with Crippen molar-refractivity contribution >= 4 is 19.9 Å². The van der Waals surface area contributed by atoms with Crippen molar-refractivity contribution in [3.63, 3.8) is 0 Å². The summed E-state index contributed by atoms with van der Waals surface area (Å²) in [6, 6.07) is 0. The highest BCUT2D eigenvalue weighted by Crippen LogP contribution is 2.51. The van der Waals surface area contributed by atoms with Gasteiger partial charge in [-0.2, -0.15) is 0 Å². The van der Waals surface area contributed by atoms with Gasteiger partial charge in [0.15, 0.2) is 0 Å². The molecule has 0 aromatic rings. The lowest BCUT2D eigenvalue weighted by Gasteiger charge is -2.21. The SMILES string of the molecule is C=C(/C=C\C(=C/CC)CC)/C(C)=C(\C)S/C(=C/C)P(C)OCC1=C(C)CCC(C)=C1. The molecule has 1 atom stereocenters. The Bertz CT molecular complexity index is 790. The van der Waals surface area contributed by atoms with Crippen molar-refractivity contribution in [2.45, 2.75) is 74.1 Å². The lowest BCUT2D eigenvalue weighted by molar-refractivity contribution is 0.399. The Morgan fingerprint density at radius 2 is 1.90 bits per heavy atom. The second-order valence-corrected chi connectivity index (χ2v) is 11.2. The van der Waals surface area contributed by atoms with Crippen LogP contribution in [0.3, 0.4) is 0 Å². The minimum absolute atomic E-state index is 0.635. The van der Waals surface area contributed by atoms with Gasteiger partial charge in [0.2, 0.25) is 0 Å². The van der Waals surface area contributed by atoms with Gasteiger partial charge >= 0.3 is 0 Å². The average Bonchev–Trinajstić information content (AvgIpc) is 2.74. The summed E-state index contributed by atoms with van der Waals surface area (Å²) < 4.78 is 7.63. The van der Waals surface area contributed by atoms with E-state index in [-0.39, 0.29) is 0 Å². The van der Waals surface area contributed by atoms with Crippen LogP contribution in [0.4, 0.5) is 0 Å². The van der Waals surface area contributed by atoms with Gasteiger partial charge in [0.05, 0.1) is 14.8 Å². The molecule has 1 aliphatic rings. The summed E-state index contributed by atoms with van der Waals surface area (Å²) in [5.41, 5.74) is 7.99. The highest BCUT2D eigenvalue weighted by molar-refractivity contribution is 8.12. The molecular weight excluding hydrogens is 403 g/mol. The normalized spacial score (nSPS) is 17.9. The zero-order valence-electron chi connectivity index (χ0n) is 20.4. The smallest absolute Gasteiger partial charge is 0.0763 e. The van der Waals surface area contributed by atoms with E-state index in [1.54, 1.807) is 0 Å². The third-order valence-corrected chi connectivity index (χ3v) is 8.97. The topological polar surface area (TPSA) is 9.23 Å². The van der Waals surface area contributed by atoms with Crippen molar-refractivity contribution in [3.05, 3.63) is 79.9 Å². The lowest BCUT2D eigenvalue weighted by atomic mass is 9.95. The predicted molar refractivity (Wildman–Crippen MR) is 141 cm³/mol. The lowest BCUT2D eigenvalue weighted by Crippen LogP contribution is -2.01. The van der Waals surface area contributed by atoms with E-state index < -0.39 is 8.15 Å². The van der Waals surface area contributed by atoms with Gasteiger partial charge in [-0.05, 0) is 88.6 Å². The van der Waals surface area contributed by atoms with E-state index in [0.717, 1.165) is 24.8 Å². The fourth-order valence-electron chi connectivity index (χ4n) is 3.12. The molecule has 0 bridgehead atoms. The van der Waals surface area contributed by atoms with E-state index in [2.05, 4.69) is 92.1 Å². The summed E-state index contributed by atoms with van der Waals surface area (Å²) in [5.74, 6) is 0. The van der Waals surface area contributed by atoms with Crippen molar-refractivity contribution in [1.29, 1.82) is 0 Å². The van der Waals surface area contributed by atoms with Crippen LogP contribution in [0.25, 0.3) is 0 Å². The molecule has 0 N–H and O–H groups in total. The molecule has 0 saturated carbocycles. The Kier molecular flexibility index (Phi) is 12.6. The van der Waals surface area contributed by atoms with Gasteiger partial charge in [-0.25, -0.2) is 0 Å². The van der Waals surface area contributed by atoms with Crippen molar-refractivity contribution in [2.75, 3.05) is 13.3 Å². The molecule has 0 amide bonds. The summed E-state index contributed by atoms with van der Waals surface area (Å²) in [6.45, 7) is 22.5. The van der Waals surface area contributed by atoms with Crippen molar-refractivity contribution < 1.29 is 4.52 Å². The molecule has 0 heterocycles. The number of rotatable bonds is 11. The first-order valence-electron chi connectivity index (χ1n) is 11.0. The first-order valence-corrected chi connectivity index (χ1v) is 13.6. The predicted octanol–water partition coefficient (Wildman–Crippen LogP) is 9.83. The molecule has 0 fully saturated rings. The van der Waals surface area contributed by atoms with Crippen LogP contribution in [-0.4, -0.2) is 13.3 Å². The minimum Gasteiger partial charge on any atom is -0.350 e. The van der Waals surface area contributed by atoms with E-state index in [1.807, 2.05) is 11.8 Å². The first kappa shape index (κ1) is 27.0. The molecule has 0 aromatic heterocycles. The summed E-state index contributed by atoms with van der Waals surface area (Å²) in [4.78, 5) is 1.29. The molecule has 3 heteroatoms. The molecule has 0 radical (unpaired) electrons. The number of hydrogen-bond acceptors (Lipinski definition) is 2. The second-order valence-electron chi connectivity index (χ2n) is 7.88. The molecule has 0 spiro atoms. The van der Waals surface area contributed by atoms with Crippen LogP contribution in [0.15, 0.2) is 79.9 Å². The molecule has 1 rings (SSSR count). The van der Waals surface area contributed by atoms with Crippen LogP contribution < -0.4 is 0 Å². The Morgan fingerprint density at radius 1 is 1.20 bits per heavy atom. The van der Waals surface area contributed by atoms with Crippen LogP contribution in [0, 0.1) is 0 Å². The molecule has 1 nitrogen and oxygen atoms in total.